The molecule has 0 radical (unpaired) electrons. The molecule has 3 N–H and O–H groups in total. The molecule has 0 amide bonds. The van der Waals surface area contributed by atoms with Crippen LogP contribution in [0, 0.1) is 6.92 Å². The van der Waals surface area contributed by atoms with Gasteiger partial charge in [0.25, 0.3) is 0 Å². The number of rotatable bonds is 2. The van der Waals surface area contributed by atoms with Crippen LogP contribution < -0.4 is 5.73 Å². The maximum atomic E-state index is 9.45. The highest BCUT2D eigenvalue weighted by molar-refractivity contribution is 5.66. The van der Waals surface area contributed by atoms with Crippen LogP contribution in [0.5, 0.6) is 5.75 Å². The maximum absolute atomic E-state index is 9.45. The Bertz CT molecular complexity index is 512. The number of phenols is 1. The highest BCUT2D eigenvalue weighted by atomic mass is 16.3. The molecule has 2 rings (SSSR count). The van der Waals surface area contributed by atoms with Crippen LogP contribution in [0.25, 0.3) is 11.3 Å². The summed E-state index contributed by atoms with van der Waals surface area (Å²) in [7, 11) is 1.50. The van der Waals surface area contributed by atoms with E-state index in [1.165, 1.54) is 7.05 Å². The SMILES string of the molecule is CCc1cc(O)ccc1-c1nccnc1C.CN. The molecule has 0 unspecified atom stereocenters. The Labute approximate surface area is 108 Å². The first-order valence-corrected chi connectivity index (χ1v) is 5.90. The summed E-state index contributed by atoms with van der Waals surface area (Å²) in [4.78, 5) is 8.57. The third-order valence-corrected chi connectivity index (χ3v) is 2.61. The van der Waals surface area contributed by atoms with E-state index in [4.69, 9.17) is 0 Å². The van der Waals surface area contributed by atoms with Gasteiger partial charge in [-0.15, -0.1) is 0 Å². The Morgan fingerprint density at radius 2 is 1.83 bits per heavy atom. The minimum Gasteiger partial charge on any atom is -0.508 e. The van der Waals surface area contributed by atoms with Crippen LogP contribution in [-0.2, 0) is 6.42 Å². The zero-order valence-electron chi connectivity index (χ0n) is 11.0. The van der Waals surface area contributed by atoms with Crippen molar-refractivity contribution < 1.29 is 5.11 Å². The number of aryl methyl sites for hydroxylation is 2. The Balaban J connectivity index is 0.000000771. The molecule has 0 aliphatic heterocycles. The lowest BCUT2D eigenvalue weighted by molar-refractivity contribution is 0.474. The number of aromatic hydroxyl groups is 1. The summed E-state index contributed by atoms with van der Waals surface area (Å²) in [5, 5.41) is 9.45. The summed E-state index contributed by atoms with van der Waals surface area (Å²) >= 11 is 0. The molecule has 18 heavy (non-hydrogen) atoms. The molecule has 0 spiro atoms. The molecular formula is C14H19N3O. The number of nitrogens with two attached hydrogens (primary N) is 1. The molecule has 1 heterocycles. The number of hydrogen-bond acceptors (Lipinski definition) is 4. The van der Waals surface area contributed by atoms with Crippen LogP contribution >= 0.6 is 0 Å². The van der Waals surface area contributed by atoms with Gasteiger partial charge in [0.2, 0.25) is 0 Å². The largest absolute Gasteiger partial charge is 0.508 e. The van der Waals surface area contributed by atoms with Crippen molar-refractivity contribution in [2.45, 2.75) is 20.3 Å². The van der Waals surface area contributed by atoms with Gasteiger partial charge in [0.05, 0.1) is 11.4 Å². The number of hydrogen-bond donors (Lipinski definition) is 2. The van der Waals surface area contributed by atoms with Crippen LogP contribution in [0.1, 0.15) is 18.2 Å². The Hall–Kier alpha value is -1.94. The summed E-state index contributed by atoms with van der Waals surface area (Å²) in [6.07, 6.45) is 4.24. The standard InChI is InChI=1S/C13H14N2O.CH5N/c1-3-10-8-11(16)4-5-12(10)13-9(2)14-6-7-15-13;1-2/h4-8,16H,3H2,1-2H3;2H2,1H3. The van der Waals surface area contributed by atoms with Crippen molar-refractivity contribution in [1.82, 2.24) is 9.97 Å². The predicted octanol–water partition coefficient (Wildman–Crippen LogP) is 2.29. The zero-order chi connectivity index (χ0) is 13.5. The first-order chi connectivity index (χ1) is 8.72. The monoisotopic (exact) mass is 245 g/mol. The van der Waals surface area contributed by atoms with Crippen LogP contribution in [0.15, 0.2) is 30.6 Å². The zero-order valence-corrected chi connectivity index (χ0v) is 11.0. The summed E-state index contributed by atoms with van der Waals surface area (Å²) in [6, 6.07) is 5.36. The molecule has 1 aromatic carbocycles. The molecule has 2 aromatic rings. The van der Waals surface area contributed by atoms with E-state index in [9.17, 15) is 5.11 Å². The van der Waals surface area contributed by atoms with E-state index in [2.05, 4.69) is 22.6 Å². The Morgan fingerprint density at radius 3 is 2.44 bits per heavy atom. The van der Waals surface area contributed by atoms with Gasteiger partial charge in [-0.2, -0.15) is 0 Å². The second kappa shape index (κ2) is 6.71. The van der Waals surface area contributed by atoms with Gasteiger partial charge in [-0.05, 0) is 44.2 Å². The van der Waals surface area contributed by atoms with Crippen LogP contribution in [-0.4, -0.2) is 22.1 Å². The predicted molar refractivity (Wildman–Crippen MR) is 73.4 cm³/mol. The van der Waals surface area contributed by atoms with Gasteiger partial charge in [-0.25, -0.2) is 0 Å². The topological polar surface area (TPSA) is 72.0 Å². The van der Waals surface area contributed by atoms with Crippen LogP contribution in [0.2, 0.25) is 0 Å². The average molecular weight is 245 g/mol. The third kappa shape index (κ3) is 3.05. The normalized spacial score (nSPS) is 9.56. The lowest BCUT2D eigenvalue weighted by atomic mass is 10.0. The molecule has 96 valence electrons. The fourth-order valence-corrected chi connectivity index (χ4v) is 1.78. The summed E-state index contributed by atoms with van der Waals surface area (Å²) in [5.41, 5.74) is 8.43. The summed E-state index contributed by atoms with van der Waals surface area (Å²) in [5.74, 6) is 0.294. The van der Waals surface area contributed by atoms with Gasteiger partial charge in [0, 0.05) is 18.0 Å². The fraction of sp³-hybridized carbons (Fsp3) is 0.286. The van der Waals surface area contributed by atoms with Crippen molar-refractivity contribution in [2.24, 2.45) is 5.73 Å². The van der Waals surface area contributed by atoms with Crippen LogP contribution in [0.3, 0.4) is 0 Å². The fourth-order valence-electron chi connectivity index (χ4n) is 1.78. The minimum absolute atomic E-state index is 0.294. The highest BCUT2D eigenvalue weighted by Crippen LogP contribution is 2.27. The van der Waals surface area contributed by atoms with Gasteiger partial charge in [0.15, 0.2) is 0 Å². The summed E-state index contributed by atoms with van der Waals surface area (Å²) in [6.45, 7) is 4.00. The molecule has 0 fully saturated rings. The molecule has 4 nitrogen and oxygen atoms in total. The van der Waals surface area contributed by atoms with Crippen molar-refractivity contribution in [3.8, 4) is 17.0 Å². The molecule has 1 aromatic heterocycles. The molecule has 0 bridgehead atoms. The Morgan fingerprint density at radius 1 is 1.17 bits per heavy atom. The highest BCUT2D eigenvalue weighted by Gasteiger charge is 2.08. The number of phenolic OH excluding ortho intramolecular Hbond substituents is 1. The van der Waals surface area contributed by atoms with Gasteiger partial charge in [-0.3, -0.25) is 9.97 Å². The number of benzene rings is 1. The van der Waals surface area contributed by atoms with Gasteiger partial charge in [0.1, 0.15) is 5.75 Å². The third-order valence-electron chi connectivity index (χ3n) is 2.61. The van der Waals surface area contributed by atoms with Crippen molar-refractivity contribution in [2.75, 3.05) is 7.05 Å². The quantitative estimate of drug-likeness (QED) is 0.851. The van der Waals surface area contributed by atoms with E-state index in [1.54, 1.807) is 24.5 Å². The van der Waals surface area contributed by atoms with E-state index in [0.717, 1.165) is 28.9 Å². The molecule has 0 saturated carbocycles. The number of aromatic nitrogens is 2. The van der Waals surface area contributed by atoms with E-state index in [-0.39, 0.29) is 0 Å². The second-order valence-electron chi connectivity index (χ2n) is 3.69. The summed E-state index contributed by atoms with van der Waals surface area (Å²) < 4.78 is 0. The van der Waals surface area contributed by atoms with Crippen LogP contribution in [0.4, 0.5) is 0 Å². The van der Waals surface area contributed by atoms with Crippen molar-refractivity contribution in [3.63, 3.8) is 0 Å². The smallest absolute Gasteiger partial charge is 0.115 e. The first-order valence-electron chi connectivity index (χ1n) is 5.90. The molecular weight excluding hydrogens is 226 g/mol. The second-order valence-corrected chi connectivity index (χ2v) is 3.69. The Kier molecular flexibility index (Phi) is 5.27. The van der Waals surface area contributed by atoms with Crippen molar-refractivity contribution >= 4 is 0 Å². The molecule has 0 atom stereocenters. The van der Waals surface area contributed by atoms with Gasteiger partial charge in [-0.1, -0.05) is 6.92 Å². The minimum atomic E-state index is 0.294. The van der Waals surface area contributed by atoms with Crippen molar-refractivity contribution in [3.05, 3.63) is 41.9 Å². The van der Waals surface area contributed by atoms with E-state index < -0.39 is 0 Å². The maximum Gasteiger partial charge on any atom is 0.115 e. The first kappa shape index (κ1) is 14.1. The molecule has 4 heteroatoms. The van der Waals surface area contributed by atoms with Crippen molar-refractivity contribution in [1.29, 1.82) is 0 Å². The van der Waals surface area contributed by atoms with E-state index in [1.807, 2.05) is 13.0 Å². The molecule has 0 saturated heterocycles. The number of nitrogens with zero attached hydrogens (tertiary/aromatic N) is 2. The van der Waals surface area contributed by atoms with E-state index in [0.29, 0.717) is 5.75 Å². The van der Waals surface area contributed by atoms with E-state index >= 15 is 0 Å². The van der Waals surface area contributed by atoms with Gasteiger partial charge >= 0.3 is 0 Å². The molecule has 0 aliphatic rings. The average Bonchev–Trinajstić information content (AvgIpc) is 2.42. The van der Waals surface area contributed by atoms with Gasteiger partial charge < -0.3 is 10.8 Å². The molecule has 0 aliphatic carbocycles. The lowest BCUT2D eigenvalue weighted by Crippen LogP contribution is -1.94. The lowest BCUT2D eigenvalue weighted by Gasteiger charge is -2.09.